The van der Waals surface area contributed by atoms with Crippen molar-refractivity contribution in [1.29, 1.82) is 0 Å². The third-order valence-electron chi connectivity index (χ3n) is 6.21. The molecule has 1 aliphatic rings. The van der Waals surface area contributed by atoms with E-state index in [9.17, 15) is 18.8 Å². The number of carbonyl (C=O) groups is 2. The standard InChI is InChI=1S/C26H27FN4O3/c1-18(32)30-16-14-29(15-17-30)13-12-19-2-8-22(9-3-19)31-24(33)11-10-23(26(31)28)25(34)20-4-6-21(27)7-5-20/h2-11H,12-17,28H2,1H3. The van der Waals surface area contributed by atoms with Gasteiger partial charge >= 0.3 is 0 Å². The van der Waals surface area contributed by atoms with E-state index in [0.29, 0.717) is 5.69 Å². The molecule has 2 heterocycles. The molecule has 1 aliphatic heterocycles. The minimum atomic E-state index is -0.437. The Morgan fingerprint density at radius 3 is 2.18 bits per heavy atom. The summed E-state index contributed by atoms with van der Waals surface area (Å²) in [6.07, 6.45) is 0.841. The van der Waals surface area contributed by atoms with Crippen LogP contribution in [-0.2, 0) is 11.2 Å². The maximum Gasteiger partial charge on any atom is 0.256 e. The Kier molecular flexibility index (Phi) is 6.88. The van der Waals surface area contributed by atoms with Gasteiger partial charge in [0.05, 0.1) is 11.3 Å². The van der Waals surface area contributed by atoms with Crippen LogP contribution in [0.3, 0.4) is 0 Å². The number of piperazine rings is 1. The smallest absolute Gasteiger partial charge is 0.256 e. The van der Waals surface area contributed by atoms with Crippen LogP contribution < -0.4 is 11.3 Å². The van der Waals surface area contributed by atoms with Gasteiger partial charge in [-0.15, -0.1) is 0 Å². The number of hydrogen-bond donors (Lipinski definition) is 1. The molecule has 8 heteroatoms. The molecule has 0 saturated carbocycles. The maximum absolute atomic E-state index is 13.2. The van der Waals surface area contributed by atoms with Gasteiger partial charge in [-0.05, 0) is 54.4 Å². The molecule has 7 nitrogen and oxygen atoms in total. The highest BCUT2D eigenvalue weighted by atomic mass is 19.1. The van der Waals surface area contributed by atoms with Crippen molar-refractivity contribution in [2.75, 3.05) is 38.5 Å². The zero-order chi connectivity index (χ0) is 24.2. The van der Waals surface area contributed by atoms with Crippen LogP contribution in [0, 0.1) is 5.82 Å². The topological polar surface area (TPSA) is 88.6 Å². The van der Waals surface area contributed by atoms with Crippen molar-refractivity contribution < 1.29 is 14.0 Å². The lowest BCUT2D eigenvalue weighted by Crippen LogP contribution is -2.48. The number of halogens is 1. The molecular formula is C26H27FN4O3. The van der Waals surface area contributed by atoms with E-state index in [-0.39, 0.29) is 34.2 Å². The van der Waals surface area contributed by atoms with Crippen molar-refractivity contribution in [1.82, 2.24) is 14.4 Å². The Labute approximate surface area is 197 Å². The summed E-state index contributed by atoms with van der Waals surface area (Å²) in [5.74, 6) is -0.660. The fourth-order valence-corrected chi connectivity index (χ4v) is 4.15. The predicted octanol–water partition coefficient (Wildman–Crippen LogP) is 2.50. The fraction of sp³-hybridized carbons (Fsp3) is 0.269. The molecule has 0 bridgehead atoms. The van der Waals surface area contributed by atoms with E-state index in [4.69, 9.17) is 5.73 Å². The third kappa shape index (κ3) is 5.07. The number of nitrogens with zero attached hydrogens (tertiary/aromatic N) is 3. The van der Waals surface area contributed by atoms with E-state index in [1.807, 2.05) is 29.2 Å². The zero-order valence-electron chi connectivity index (χ0n) is 19.0. The normalized spacial score (nSPS) is 14.2. The lowest BCUT2D eigenvalue weighted by Gasteiger charge is -2.34. The quantitative estimate of drug-likeness (QED) is 0.569. The summed E-state index contributed by atoms with van der Waals surface area (Å²) in [4.78, 5) is 41.1. The van der Waals surface area contributed by atoms with Crippen LogP contribution >= 0.6 is 0 Å². The van der Waals surface area contributed by atoms with Gasteiger partial charge in [-0.3, -0.25) is 23.9 Å². The Morgan fingerprint density at radius 2 is 1.56 bits per heavy atom. The number of hydrogen-bond acceptors (Lipinski definition) is 5. The van der Waals surface area contributed by atoms with Crippen molar-refractivity contribution in [2.24, 2.45) is 0 Å². The Bertz CT molecular complexity index is 1240. The number of ketones is 1. The average Bonchev–Trinajstić information content (AvgIpc) is 2.84. The summed E-state index contributed by atoms with van der Waals surface area (Å²) in [5, 5.41) is 0. The molecule has 0 atom stereocenters. The first-order chi connectivity index (χ1) is 16.3. The van der Waals surface area contributed by atoms with Crippen LogP contribution in [-0.4, -0.2) is 58.8 Å². The number of rotatable bonds is 6. The molecule has 2 N–H and O–H groups in total. The number of pyridine rings is 1. The SMILES string of the molecule is CC(=O)N1CCN(CCc2ccc(-n3c(N)c(C(=O)c4ccc(F)cc4)ccc3=O)cc2)CC1. The summed E-state index contributed by atoms with van der Waals surface area (Å²) in [6.45, 7) is 5.71. The van der Waals surface area contributed by atoms with Crippen molar-refractivity contribution in [3.63, 3.8) is 0 Å². The maximum atomic E-state index is 13.2. The molecule has 1 aromatic heterocycles. The lowest BCUT2D eigenvalue weighted by atomic mass is 10.0. The molecule has 1 fully saturated rings. The second-order valence-electron chi connectivity index (χ2n) is 8.41. The van der Waals surface area contributed by atoms with E-state index in [1.165, 1.54) is 41.0 Å². The van der Waals surface area contributed by atoms with Gasteiger partial charge in [0.2, 0.25) is 5.91 Å². The molecule has 2 aromatic carbocycles. The first-order valence-electron chi connectivity index (χ1n) is 11.2. The van der Waals surface area contributed by atoms with Crippen LogP contribution in [0.15, 0.2) is 65.5 Å². The van der Waals surface area contributed by atoms with Gasteiger partial charge in [0.1, 0.15) is 11.6 Å². The van der Waals surface area contributed by atoms with Gasteiger partial charge in [0.25, 0.3) is 5.56 Å². The van der Waals surface area contributed by atoms with Crippen molar-refractivity contribution in [3.8, 4) is 5.69 Å². The van der Waals surface area contributed by atoms with Crippen molar-refractivity contribution in [3.05, 3.63) is 93.5 Å². The summed E-state index contributed by atoms with van der Waals surface area (Å²) in [5.41, 5.74) is 8.05. The monoisotopic (exact) mass is 462 g/mol. The molecule has 0 aliphatic carbocycles. The third-order valence-corrected chi connectivity index (χ3v) is 6.21. The summed E-state index contributed by atoms with van der Waals surface area (Å²) in [7, 11) is 0. The van der Waals surface area contributed by atoms with Crippen LogP contribution in [0.25, 0.3) is 5.69 Å². The van der Waals surface area contributed by atoms with E-state index in [2.05, 4.69) is 4.90 Å². The number of benzene rings is 2. The van der Waals surface area contributed by atoms with Crippen LogP contribution in [0.1, 0.15) is 28.4 Å². The zero-order valence-corrected chi connectivity index (χ0v) is 19.0. The Hall–Kier alpha value is -3.78. The van der Waals surface area contributed by atoms with E-state index < -0.39 is 5.82 Å². The summed E-state index contributed by atoms with van der Waals surface area (Å²) in [6, 6.07) is 15.4. The van der Waals surface area contributed by atoms with Crippen LogP contribution in [0.2, 0.25) is 0 Å². The Morgan fingerprint density at radius 1 is 0.912 bits per heavy atom. The van der Waals surface area contributed by atoms with E-state index in [1.54, 1.807) is 6.92 Å². The number of anilines is 1. The summed E-state index contributed by atoms with van der Waals surface area (Å²) >= 11 is 0. The molecule has 1 saturated heterocycles. The fourth-order valence-electron chi connectivity index (χ4n) is 4.15. The number of aromatic nitrogens is 1. The molecule has 34 heavy (non-hydrogen) atoms. The number of nitrogens with two attached hydrogens (primary N) is 1. The average molecular weight is 463 g/mol. The first kappa shape index (κ1) is 23.4. The number of amides is 1. The molecule has 1 amide bonds. The second-order valence-corrected chi connectivity index (χ2v) is 8.41. The second kappa shape index (κ2) is 10.0. The van der Waals surface area contributed by atoms with Crippen LogP contribution in [0.5, 0.6) is 0 Å². The molecule has 4 rings (SSSR count). The van der Waals surface area contributed by atoms with Gasteiger partial charge in [-0.2, -0.15) is 0 Å². The number of carbonyl (C=O) groups excluding carboxylic acids is 2. The van der Waals surface area contributed by atoms with Gasteiger partial charge < -0.3 is 10.6 Å². The van der Waals surface area contributed by atoms with E-state index >= 15 is 0 Å². The first-order valence-corrected chi connectivity index (χ1v) is 11.2. The highest BCUT2D eigenvalue weighted by Crippen LogP contribution is 2.20. The predicted molar refractivity (Wildman–Crippen MR) is 129 cm³/mol. The Balaban J connectivity index is 1.47. The lowest BCUT2D eigenvalue weighted by molar-refractivity contribution is -0.130. The van der Waals surface area contributed by atoms with Gasteiger partial charge in [-0.25, -0.2) is 4.39 Å². The summed E-state index contributed by atoms with van der Waals surface area (Å²) < 4.78 is 14.5. The highest BCUT2D eigenvalue weighted by molar-refractivity contribution is 6.11. The molecule has 0 radical (unpaired) electrons. The molecule has 0 unspecified atom stereocenters. The largest absolute Gasteiger partial charge is 0.384 e. The minimum absolute atomic E-state index is 0.0397. The molecule has 3 aromatic rings. The van der Waals surface area contributed by atoms with Gasteiger partial charge in [-0.1, -0.05) is 12.1 Å². The van der Waals surface area contributed by atoms with E-state index in [0.717, 1.165) is 44.7 Å². The number of nitrogen functional groups attached to an aromatic ring is 1. The molecular weight excluding hydrogens is 435 g/mol. The highest BCUT2D eigenvalue weighted by Gasteiger charge is 2.19. The molecule has 0 spiro atoms. The molecule has 176 valence electrons. The van der Waals surface area contributed by atoms with Gasteiger partial charge in [0, 0.05) is 51.3 Å². The van der Waals surface area contributed by atoms with Gasteiger partial charge in [0.15, 0.2) is 5.78 Å². The minimum Gasteiger partial charge on any atom is -0.384 e. The van der Waals surface area contributed by atoms with Crippen molar-refractivity contribution >= 4 is 17.5 Å². The van der Waals surface area contributed by atoms with Crippen molar-refractivity contribution in [2.45, 2.75) is 13.3 Å². The van der Waals surface area contributed by atoms with Crippen LogP contribution in [0.4, 0.5) is 10.2 Å².